The van der Waals surface area contributed by atoms with Gasteiger partial charge in [0.15, 0.2) is 5.11 Å². The van der Waals surface area contributed by atoms with Crippen molar-refractivity contribution in [3.63, 3.8) is 0 Å². The van der Waals surface area contributed by atoms with Crippen molar-refractivity contribution in [2.75, 3.05) is 12.0 Å². The Morgan fingerprint density at radius 3 is 2.36 bits per heavy atom. The molecule has 0 spiro atoms. The number of carbonyl (C=O) groups excluding carboxylic acids is 1. The fourth-order valence-electron chi connectivity index (χ4n) is 4.91. The Hall–Kier alpha value is -4.17. The number of hydrogen-bond donors (Lipinski definition) is 2. The Morgan fingerprint density at radius 1 is 1.03 bits per heavy atom. The van der Waals surface area contributed by atoms with Crippen molar-refractivity contribution in [1.82, 2.24) is 14.9 Å². The number of aromatic nitrogens is 2. The van der Waals surface area contributed by atoms with Crippen LogP contribution in [0.1, 0.15) is 45.1 Å². The molecule has 3 heterocycles. The molecular formula is C28H26N4O3S. The van der Waals surface area contributed by atoms with Crippen LogP contribution in [0, 0.1) is 13.8 Å². The van der Waals surface area contributed by atoms with E-state index >= 15 is 0 Å². The number of carbonyl (C=O) groups is 1. The summed E-state index contributed by atoms with van der Waals surface area (Å²) in [5, 5.41) is 13.9. The molecule has 0 amide bonds. The maximum Gasteiger partial charge on any atom is 0.337 e. The number of phenolic OH excluding ortho intramolecular Hbond substituents is 1. The Labute approximate surface area is 215 Å². The molecule has 1 aliphatic heterocycles. The lowest BCUT2D eigenvalue weighted by Gasteiger charge is -2.28. The normalized spacial score (nSPS) is 17.2. The van der Waals surface area contributed by atoms with E-state index in [2.05, 4.69) is 39.7 Å². The summed E-state index contributed by atoms with van der Waals surface area (Å²) < 4.78 is 7.00. The van der Waals surface area contributed by atoms with Crippen molar-refractivity contribution in [3.8, 4) is 11.4 Å². The number of aryl methyl sites for hydroxylation is 1. The lowest BCUT2D eigenvalue weighted by atomic mass is 9.96. The second-order valence-electron chi connectivity index (χ2n) is 8.71. The third-order valence-corrected chi connectivity index (χ3v) is 6.88. The number of esters is 1. The van der Waals surface area contributed by atoms with Crippen LogP contribution in [0.25, 0.3) is 5.69 Å². The van der Waals surface area contributed by atoms with Crippen LogP contribution in [0.5, 0.6) is 5.75 Å². The first-order valence-corrected chi connectivity index (χ1v) is 12.0. The van der Waals surface area contributed by atoms with Crippen molar-refractivity contribution >= 4 is 29.0 Å². The van der Waals surface area contributed by atoms with Gasteiger partial charge < -0.3 is 24.6 Å². The maximum atomic E-state index is 11.9. The van der Waals surface area contributed by atoms with Crippen molar-refractivity contribution in [2.24, 2.45) is 0 Å². The molecule has 2 atom stereocenters. The lowest BCUT2D eigenvalue weighted by molar-refractivity contribution is 0.0600. The number of hydrogen-bond acceptors (Lipinski definition) is 5. The Balaban J connectivity index is 1.63. The number of benzene rings is 2. The summed E-state index contributed by atoms with van der Waals surface area (Å²) in [6.45, 7) is 4.15. The van der Waals surface area contributed by atoms with Gasteiger partial charge in [0.25, 0.3) is 0 Å². The zero-order valence-corrected chi connectivity index (χ0v) is 21.0. The van der Waals surface area contributed by atoms with E-state index in [0.717, 1.165) is 34.0 Å². The molecule has 1 aliphatic rings. The molecule has 182 valence electrons. The molecule has 0 bridgehead atoms. The molecule has 7 nitrogen and oxygen atoms in total. The fourth-order valence-corrected chi connectivity index (χ4v) is 5.26. The molecule has 0 saturated carbocycles. The third kappa shape index (κ3) is 4.09. The number of anilines is 1. The van der Waals surface area contributed by atoms with E-state index in [1.54, 1.807) is 30.5 Å². The highest BCUT2D eigenvalue weighted by Crippen LogP contribution is 2.44. The first kappa shape index (κ1) is 23.6. The van der Waals surface area contributed by atoms with Gasteiger partial charge in [-0.1, -0.05) is 6.07 Å². The minimum Gasteiger partial charge on any atom is -0.508 e. The van der Waals surface area contributed by atoms with Crippen LogP contribution in [0.2, 0.25) is 0 Å². The zero-order valence-electron chi connectivity index (χ0n) is 20.2. The van der Waals surface area contributed by atoms with E-state index in [-0.39, 0.29) is 23.8 Å². The van der Waals surface area contributed by atoms with Gasteiger partial charge in [0.05, 0.1) is 30.5 Å². The Morgan fingerprint density at radius 2 is 1.72 bits per heavy atom. The van der Waals surface area contributed by atoms with E-state index in [1.165, 1.54) is 7.11 Å². The smallest absolute Gasteiger partial charge is 0.337 e. The SMILES string of the molecule is COC(=O)c1ccc(-n2c(C)cc([C@H]3[C@@H](c4ccccn4)NC(=S)N3c3ccc(O)cc3)c2C)cc1. The second kappa shape index (κ2) is 9.47. The van der Waals surface area contributed by atoms with E-state index in [1.807, 2.05) is 42.5 Å². The average molecular weight is 499 g/mol. The molecule has 2 aromatic heterocycles. The van der Waals surface area contributed by atoms with Gasteiger partial charge in [-0.2, -0.15) is 0 Å². The molecule has 0 unspecified atom stereocenters. The maximum absolute atomic E-state index is 11.9. The van der Waals surface area contributed by atoms with Gasteiger partial charge in [-0.15, -0.1) is 0 Å². The Kier molecular flexibility index (Phi) is 6.20. The van der Waals surface area contributed by atoms with Crippen LogP contribution in [0.3, 0.4) is 0 Å². The number of methoxy groups -OCH3 is 1. The molecule has 5 rings (SSSR count). The van der Waals surface area contributed by atoms with Crippen LogP contribution < -0.4 is 10.2 Å². The van der Waals surface area contributed by atoms with Gasteiger partial charge in [0.1, 0.15) is 5.75 Å². The summed E-state index contributed by atoms with van der Waals surface area (Å²) >= 11 is 5.81. The van der Waals surface area contributed by atoms with Gasteiger partial charge in [-0.05, 0) is 98.4 Å². The predicted octanol–water partition coefficient (Wildman–Crippen LogP) is 5.16. The van der Waals surface area contributed by atoms with Gasteiger partial charge in [-0.25, -0.2) is 4.79 Å². The van der Waals surface area contributed by atoms with Crippen molar-refractivity contribution < 1.29 is 14.6 Å². The Bertz CT molecular complexity index is 1420. The van der Waals surface area contributed by atoms with E-state index in [9.17, 15) is 9.90 Å². The summed E-state index contributed by atoms with van der Waals surface area (Å²) in [7, 11) is 1.38. The minimum absolute atomic E-state index is 0.175. The summed E-state index contributed by atoms with van der Waals surface area (Å²) in [5.41, 5.74) is 6.42. The lowest BCUT2D eigenvalue weighted by Crippen LogP contribution is -2.29. The molecule has 1 fully saturated rings. The standard InChI is InChI=1S/C28H26N4O3S/c1-17-16-23(18(2)31(17)20-9-7-19(8-10-20)27(34)35-3)26-25(24-6-4-5-15-29-24)30-28(36)32(26)21-11-13-22(33)14-12-21/h4-16,25-26,33H,1-3H3,(H,30,36)/t25-,26+/m1/s1. The molecular weight excluding hydrogens is 472 g/mol. The fraction of sp³-hybridized carbons (Fsp3) is 0.179. The number of rotatable bonds is 5. The summed E-state index contributed by atoms with van der Waals surface area (Å²) in [6.07, 6.45) is 1.78. The number of nitrogens with zero attached hydrogens (tertiary/aromatic N) is 3. The number of ether oxygens (including phenoxy) is 1. The highest BCUT2D eigenvalue weighted by atomic mass is 32.1. The molecule has 8 heteroatoms. The van der Waals surface area contributed by atoms with Gasteiger partial charge >= 0.3 is 5.97 Å². The number of thiocarbonyl (C=S) groups is 1. The van der Waals surface area contributed by atoms with Gasteiger partial charge in [-0.3, -0.25) is 4.98 Å². The topological polar surface area (TPSA) is 79.6 Å². The van der Waals surface area contributed by atoms with Crippen LogP contribution in [-0.4, -0.2) is 32.8 Å². The highest BCUT2D eigenvalue weighted by molar-refractivity contribution is 7.80. The number of phenols is 1. The summed E-state index contributed by atoms with van der Waals surface area (Å²) in [4.78, 5) is 18.6. The van der Waals surface area contributed by atoms with Gasteiger partial charge in [0.2, 0.25) is 0 Å². The van der Waals surface area contributed by atoms with Crippen LogP contribution in [0.15, 0.2) is 79.0 Å². The average Bonchev–Trinajstić information content (AvgIpc) is 3.39. The quantitative estimate of drug-likeness (QED) is 0.291. The molecule has 1 saturated heterocycles. The first-order valence-electron chi connectivity index (χ1n) is 11.6. The summed E-state index contributed by atoms with van der Waals surface area (Å²) in [6, 6.07) is 22.1. The van der Waals surface area contributed by atoms with E-state index in [0.29, 0.717) is 10.7 Å². The largest absolute Gasteiger partial charge is 0.508 e. The van der Waals surface area contributed by atoms with Crippen LogP contribution in [-0.2, 0) is 4.74 Å². The highest BCUT2D eigenvalue weighted by Gasteiger charge is 2.42. The number of nitrogens with one attached hydrogen (secondary N) is 1. The second-order valence-corrected chi connectivity index (χ2v) is 9.10. The molecule has 4 aromatic rings. The molecule has 2 aromatic carbocycles. The molecule has 0 radical (unpaired) electrons. The van der Waals surface area contributed by atoms with Crippen LogP contribution >= 0.6 is 12.2 Å². The molecule has 36 heavy (non-hydrogen) atoms. The summed E-state index contributed by atoms with van der Waals surface area (Å²) in [5.74, 6) is -0.167. The monoisotopic (exact) mass is 498 g/mol. The van der Waals surface area contributed by atoms with E-state index in [4.69, 9.17) is 17.0 Å². The van der Waals surface area contributed by atoms with Crippen molar-refractivity contribution in [2.45, 2.75) is 25.9 Å². The van der Waals surface area contributed by atoms with Crippen molar-refractivity contribution in [3.05, 3.63) is 107 Å². The first-order chi connectivity index (χ1) is 17.4. The number of pyridine rings is 1. The van der Waals surface area contributed by atoms with E-state index < -0.39 is 0 Å². The zero-order chi connectivity index (χ0) is 25.4. The molecule has 2 N–H and O–H groups in total. The third-order valence-electron chi connectivity index (χ3n) is 6.56. The molecule has 0 aliphatic carbocycles. The van der Waals surface area contributed by atoms with Crippen LogP contribution in [0.4, 0.5) is 5.69 Å². The minimum atomic E-state index is -0.364. The van der Waals surface area contributed by atoms with Gasteiger partial charge in [0, 0.05) is 29.0 Å². The number of aromatic hydroxyl groups is 1. The predicted molar refractivity (Wildman–Crippen MR) is 143 cm³/mol. The van der Waals surface area contributed by atoms with Crippen molar-refractivity contribution in [1.29, 1.82) is 0 Å².